The number of hydrogen-bond acceptors (Lipinski definition) is 6. The van der Waals surface area contributed by atoms with Crippen molar-refractivity contribution in [3.63, 3.8) is 0 Å². The molecule has 1 fully saturated rings. The van der Waals surface area contributed by atoms with E-state index in [2.05, 4.69) is 26.2 Å². The fourth-order valence-electron chi connectivity index (χ4n) is 2.64. The van der Waals surface area contributed by atoms with Crippen LogP contribution >= 0.6 is 27.3 Å². The number of aryl methyl sites for hydroxylation is 1. The molecule has 0 aromatic carbocycles. The van der Waals surface area contributed by atoms with Crippen molar-refractivity contribution in [3.8, 4) is 0 Å². The summed E-state index contributed by atoms with van der Waals surface area (Å²) in [6.45, 7) is 2.15. The van der Waals surface area contributed by atoms with Crippen LogP contribution in [0.1, 0.15) is 12.8 Å². The molecule has 11 heteroatoms. The molecule has 1 aliphatic heterocycles. The van der Waals surface area contributed by atoms with Crippen molar-refractivity contribution >= 4 is 43.2 Å². The molecule has 1 aliphatic rings. The number of amides is 1. The quantitative estimate of drug-likeness (QED) is 0.667. The minimum absolute atomic E-state index is 0.0519. The number of piperazine rings is 1. The van der Waals surface area contributed by atoms with Crippen molar-refractivity contribution in [3.05, 3.63) is 28.3 Å². The van der Waals surface area contributed by atoms with Gasteiger partial charge >= 0.3 is 0 Å². The number of halogens is 1. The third-order valence-corrected chi connectivity index (χ3v) is 7.97. The first-order valence-corrected chi connectivity index (χ1v) is 10.9. The summed E-state index contributed by atoms with van der Waals surface area (Å²) in [5.41, 5.74) is 0. The zero-order valence-corrected chi connectivity index (χ0v) is 16.6. The highest BCUT2D eigenvalue weighted by atomic mass is 79.9. The summed E-state index contributed by atoms with van der Waals surface area (Å²) in [6, 6.07) is 3.33. The van der Waals surface area contributed by atoms with Gasteiger partial charge < -0.3 is 4.90 Å². The highest BCUT2D eigenvalue weighted by Gasteiger charge is 2.30. The summed E-state index contributed by atoms with van der Waals surface area (Å²) in [5.74, 6) is 0.0519. The maximum atomic E-state index is 12.6. The van der Waals surface area contributed by atoms with Crippen molar-refractivity contribution in [1.82, 2.24) is 24.2 Å². The topological polar surface area (TPSA) is 88.4 Å². The van der Waals surface area contributed by atoms with Gasteiger partial charge in [0.2, 0.25) is 5.91 Å². The average molecular weight is 448 g/mol. The van der Waals surface area contributed by atoms with Crippen molar-refractivity contribution in [2.45, 2.75) is 23.6 Å². The van der Waals surface area contributed by atoms with Crippen LogP contribution in [0.5, 0.6) is 0 Å². The highest BCUT2D eigenvalue weighted by molar-refractivity contribution is 9.11. The van der Waals surface area contributed by atoms with Crippen LogP contribution in [-0.2, 0) is 21.4 Å². The van der Waals surface area contributed by atoms with Gasteiger partial charge in [0.1, 0.15) is 4.21 Å². The number of rotatable bonds is 6. The van der Waals surface area contributed by atoms with E-state index in [0.29, 0.717) is 49.8 Å². The van der Waals surface area contributed by atoms with E-state index in [1.54, 1.807) is 34.1 Å². The number of nitrogens with zero attached hydrogens (tertiary/aromatic N) is 5. The molecule has 0 saturated carbocycles. The zero-order chi connectivity index (χ0) is 17.9. The van der Waals surface area contributed by atoms with Gasteiger partial charge in [0.15, 0.2) is 0 Å². The Morgan fingerprint density at radius 3 is 2.60 bits per heavy atom. The standard InChI is InChI=1S/C14H18BrN5O3S2/c15-12-3-4-14(24-12)25(22,23)20-10-8-18(9-11-20)13(21)2-1-6-19-7-5-16-17-19/h3-5,7H,1-2,6,8-11H2. The lowest BCUT2D eigenvalue weighted by Crippen LogP contribution is -2.50. The SMILES string of the molecule is O=C(CCCn1ccnn1)N1CCN(S(=O)(=O)c2ccc(Br)s2)CC1. The second kappa shape index (κ2) is 7.94. The fourth-order valence-corrected chi connectivity index (χ4v) is 6.23. The van der Waals surface area contributed by atoms with Gasteiger partial charge in [0.05, 0.1) is 9.98 Å². The minimum Gasteiger partial charge on any atom is -0.340 e. The van der Waals surface area contributed by atoms with Crippen LogP contribution < -0.4 is 0 Å². The Morgan fingerprint density at radius 1 is 1.24 bits per heavy atom. The predicted octanol–water partition coefficient (Wildman–Crippen LogP) is 1.42. The van der Waals surface area contributed by atoms with Crippen LogP contribution in [0.2, 0.25) is 0 Å². The Hall–Kier alpha value is -1.30. The smallest absolute Gasteiger partial charge is 0.252 e. The average Bonchev–Trinajstić information content (AvgIpc) is 3.27. The molecule has 0 N–H and O–H groups in total. The van der Waals surface area contributed by atoms with Gasteiger partial charge in [-0.3, -0.25) is 9.48 Å². The van der Waals surface area contributed by atoms with Crippen LogP contribution in [0, 0.1) is 0 Å². The van der Waals surface area contributed by atoms with Crippen LogP contribution in [0.25, 0.3) is 0 Å². The zero-order valence-electron chi connectivity index (χ0n) is 13.4. The van der Waals surface area contributed by atoms with E-state index < -0.39 is 10.0 Å². The summed E-state index contributed by atoms with van der Waals surface area (Å²) >= 11 is 4.49. The van der Waals surface area contributed by atoms with E-state index in [4.69, 9.17) is 0 Å². The number of sulfonamides is 1. The molecule has 25 heavy (non-hydrogen) atoms. The van der Waals surface area contributed by atoms with E-state index in [1.165, 1.54) is 15.6 Å². The second-order valence-corrected chi connectivity index (χ2v) is 10.2. The Kier molecular flexibility index (Phi) is 5.87. The van der Waals surface area contributed by atoms with Gasteiger partial charge in [-0.15, -0.1) is 16.4 Å². The van der Waals surface area contributed by atoms with Crippen molar-refractivity contribution in [1.29, 1.82) is 0 Å². The third kappa shape index (κ3) is 4.46. The molecule has 2 aromatic heterocycles. The van der Waals surface area contributed by atoms with Gasteiger partial charge in [0.25, 0.3) is 10.0 Å². The molecular weight excluding hydrogens is 430 g/mol. The number of aromatic nitrogens is 3. The molecule has 1 amide bonds. The molecule has 1 saturated heterocycles. The van der Waals surface area contributed by atoms with Crippen molar-refractivity contribution in [2.75, 3.05) is 26.2 Å². The van der Waals surface area contributed by atoms with Gasteiger partial charge in [-0.25, -0.2) is 8.42 Å². The molecule has 0 atom stereocenters. The Morgan fingerprint density at radius 2 is 2.00 bits per heavy atom. The molecule has 3 rings (SSSR count). The lowest BCUT2D eigenvalue weighted by atomic mass is 10.2. The fraction of sp³-hybridized carbons (Fsp3) is 0.500. The Labute approximate surface area is 158 Å². The van der Waals surface area contributed by atoms with Crippen molar-refractivity contribution in [2.24, 2.45) is 0 Å². The summed E-state index contributed by atoms with van der Waals surface area (Å²) in [6.07, 6.45) is 4.47. The maximum absolute atomic E-state index is 12.6. The molecule has 2 aromatic rings. The molecule has 0 spiro atoms. The summed E-state index contributed by atoms with van der Waals surface area (Å²) in [5, 5.41) is 7.58. The van der Waals surface area contributed by atoms with Gasteiger partial charge in [0, 0.05) is 45.3 Å². The lowest BCUT2D eigenvalue weighted by molar-refractivity contribution is -0.132. The lowest BCUT2D eigenvalue weighted by Gasteiger charge is -2.33. The minimum atomic E-state index is -3.47. The molecule has 0 aliphatic carbocycles. The van der Waals surface area contributed by atoms with E-state index >= 15 is 0 Å². The van der Waals surface area contributed by atoms with Crippen LogP contribution in [0.3, 0.4) is 0 Å². The predicted molar refractivity (Wildman–Crippen MR) is 96.6 cm³/mol. The molecule has 3 heterocycles. The maximum Gasteiger partial charge on any atom is 0.252 e. The molecule has 0 unspecified atom stereocenters. The summed E-state index contributed by atoms with van der Waals surface area (Å²) < 4.78 is 29.4. The van der Waals surface area contributed by atoms with E-state index in [1.807, 2.05) is 0 Å². The Balaban J connectivity index is 1.48. The molecule has 136 valence electrons. The number of thiophene rings is 1. The van der Waals surface area contributed by atoms with E-state index in [-0.39, 0.29) is 5.91 Å². The number of hydrogen-bond donors (Lipinski definition) is 0. The first kappa shape index (κ1) is 18.5. The third-order valence-electron chi connectivity index (χ3n) is 3.98. The highest BCUT2D eigenvalue weighted by Crippen LogP contribution is 2.28. The second-order valence-electron chi connectivity index (χ2n) is 5.61. The van der Waals surface area contributed by atoms with Gasteiger partial charge in [-0.2, -0.15) is 4.31 Å². The summed E-state index contributed by atoms with van der Waals surface area (Å²) in [7, 11) is -3.47. The van der Waals surface area contributed by atoms with Crippen LogP contribution in [-0.4, -0.2) is 64.7 Å². The first-order valence-electron chi connectivity index (χ1n) is 7.84. The first-order chi connectivity index (χ1) is 12.0. The molecule has 0 radical (unpaired) electrons. The van der Waals surface area contributed by atoms with E-state index in [0.717, 1.165) is 3.79 Å². The number of carbonyl (C=O) groups excluding carboxylic acids is 1. The Bertz CT molecular complexity index is 813. The largest absolute Gasteiger partial charge is 0.340 e. The monoisotopic (exact) mass is 447 g/mol. The molecular formula is C14H18BrN5O3S2. The normalized spacial score (nSPS) is 16.3. The van der Waals surface area contributed by atoms with Gasteiger partial charge in [-0.1, -0.05) is 5.21 Å². The molecule has 0 bridgehead atoms. The number of carbonyl (C=O) groups is 1. The van der Waals surface area contributed by atoms with Crippen LogP contribution in [0.15, 0.2) is 32.5 Å². The van der Waals surface area contributed by atoms with E-state index in [9.17, 15) is 13.2 Å². The van der Waals surface area contributed by atoms with Crippen molar-refractivity contribution < 1.29 is 13.2 Å². The summed E-state index contributed by atoms with van der Waals surface area (Å²) in [4.78, 5) is 14.0. The van der Waals surface area contributed by atoms with Crippen LogP contribution in [0.4, 0.5) is 0 Å². The van der Waals surface area contributed by atoms with Gasteiger partial charge in [-0.05, 0) is 34.5 Å². The molecule has 8 nitrogen and oxygen atoms in total.